The molecule has 6 nitrogen and oxygen atoms in total. The maximum absolute atomic E-state index is 12.5. The van der Waals surface area contributed by atoms with Crippen LogP contribution in [0.4, 0.5) is 5.13 Å². The number of rotatable bonds is 8. The van der Waals surface area contributed by atoms with Crippen LogP contribution in [-0.4, -0.2) is 63.4 Å². The normalized spacial score (nSPS) is 17.7. The van der Waals surface area contributed by atoms with Crippen molar-refractivity contribution in [3.8, 4) is 0 Å². The van der Waals surface area contributed by atoms with Crippen molar-refractivity contribution in [1.29, 1.82) is 0 Å². The quantitative estimate of drug-likeness (QED) is 0.668. The van der Waals surface area contributed by atoms with Gasteiger partial charge in [0.25, 0.3) is 0 Å². The molecule has 0 amide bonds. The van der Waals surface area contributed by atoms with Crippen molar-refractivity contribution >= 4 is 22.4 Å². The van der Waals surface area contributed by atoms with Crippen LogP contribution in [0.5, 0.6) is 0 Å². The number of carbonyl (C=O) groups excluding carboxylic acids is 1. The van der Waals surface area contributed by atoms with Crippen LogP contribution in [-0.2, 0) is 20.8 Å². The highest BCUT2D eigenvalue weighted by Crippen LogP contribution is 2.37. The molecule has 0 atom stereocenters. The third-order valence-corrected chi connectivity index (χ3v) is 5.76. The molecule has 0 N–H and O–H groups in total. The summed E-state index contributed by atoms with van der Waals surface area (Å²) in [7, 11) is 5.69. The van der Waals surface area contributed by atoms with Crippen molar-refractivity contribution in [3.63, 3.8) is 0 Å². The number of nitrogens with zero attached hydrogens (tertiary/aromatic N) is 3. The second kappa shape index (κ2) is 8.78. The highest BCUT2D eigenvalue weighted by atomic mass is 32.1. The van der Waals surface area contributed by atoms with E-state index in [1.807, 2.05) is 32.1 Å². The van der Waals surface area contributed by atoms with E-state index in [-0.39, 0.29) is 11.4 Å². The smallest absolute Gasteiger partial charge is 0.312 e. The van der Waals surface area contributed by atoms with E-state index in [0.29, 0.717) is 13.2 Å². The van der Waals surface area contributed by atoms with Gasteiger partial charge < -0.3 is 14.4 Å². The molecule has 0 unspecified atom stereocenters. The number of ether oxygens (including phenoxy) is 2. The Labute approximate surface area is 148 Å². The SMILES string of the molecule is CCOC(=O)C1(CCOC)CCN(Cc2cnc(N(C)C)s2)CC1. The van der Waals surface area contributed by atoms with Crippen LogP contribution < -0.4 is 4.90 Å². The Balaban J connectivity index is 1.94. The molecule has 24 heavy (non-hydrogen) atoms. The second-order valence-electron chi connectivity index (χ2n) is 6.52. The summed E-state index contributed by atoms with van der Waals surface area (Å²) >= 11 is 1.72. The van der Waals surface area contributed by atoms with Crippen LogP contribution in [0.2, 0.25) is 0 Å². The number of likely N-dealkylation sites (tertiary alicyclic amines) is 1. The average molecular weight is 356 g/mol. The van der Waals surface area contributed by atoms with Crippen molar-refractivity contribution in [2.75, 3.05) is 52.4 Å². The zero-order chi connectivity index (χ0) is 17.6. The topological polar surface area (TPSA) is 54.9 Å². The van der Waals surface area contributed by atoms with Crippen molar-refractivity contribution in [2.24, 2.45) is 5.41 Å². The first-order valence-corrected chi connectivity index (χ1v) is 9.33. The van der Waals surface area contributed by atoms with E-state index >= 15 is 0 Å². The molecule has 0 radical (unpaired) electrons. The standard InChI is InChI=1S/C17H29N3O3S/c1-5-23-15(21)17(8-11-22-4)6-9-20(10-7-17)13-14-12-18-16(24-14)19(2)3/h12H,5-11,13H2,1-4H3. The van der Waals surface area contributed by atoms with Gasteiger partial charge in [0.1, 0.15) is 0 Å². The van der Waals surface area contributed by atoms with Gasteiger partial charge in [0.15, 0.2) is 5.13 Å². The monoisotopic (exact) mass is 355 g/mol. The molecule has 1 saturated heterocycles. The number of carbonyl (C=O) groups is 1. The van der Waals surface area contributed by atoms with Gasteiger partial charge in [0, 0.05) is 45.4 Å². The molecule has 0 saturated carbocycles. The Morgan fingerprint density at radius 2 is 2.12 bits per heavy atom. The lowest BCUT2D eigenvalue weighted by Gasteiger charge is -2.39. The molecule has 0 aliphatic carbocycles. The minimum atomic E-state index is -0.384. The van der Waals surface area contributed by atoms with Gasteiger partial charge in [-0.15, -0.1) is 11.3 Å². The van der Waals surface area contributed by atoms with Crippen LogP contribution >= 0.6 is 11.3 Å². The van der Waals surface area contributed by atoms with Gasteiger partial charge in [-0.2, -0.15) is 0 Å². The predicted octanol–water partition coefficient (Wildman–Crippen LogP) is 2.39. The summed E-state index contributed by atoms with van der Waals surface area (Å²) in [6, 6.07) is 0. The van der Waals surface area contributed by atoms with Crippen molar-refractivity contribution in [2.45, 2.75) is 32.7 Å². The molecule has 136 valence electrons. The first-order chi connectivity index (χ1) is 11.5. The Morgan fingerprint density at radius 1 is 1.42 bits per heavy atom. The second-order valence-corrected chi connectivity index (χ2v) is 7.62. The molecule has 1 aliphatic rings. The van der Waals surface area contributed by atoms with Gasteiger partial charge >= 0.3 is 5.97 Å². The summed E-state index contributed by atoms with van der Waals surface area (Å²) in [5.74, 6) is -0.0608. The maximum atomic E-state index is 12.5. The summed E-state index contributed by atoms with van der Waals surface area (Å²) in [6.07, 6.45) is 4.35. The van der Waals surface area contributed by atoms with E-state index in [9.17, 15) is 4.79 Å². The van der Waals surface area contributed by atoms with Gasteiger partial charge in [-0.05, 0) is 39.3 Å². The van der Waals surface area contributed by atoms with E-state index in [2.05, 4.69) is 9.88 Å². The summed E-state index contributed by atoms with van der Waals surface area (Å²) in [6.45, 7) is 5.60. The molecule has 2 rings (SSSR count). The highest BCUT2D eigenvalue weighted by Gasteiger charge is 2.42. The summed E-state index contributed by atoms with van der Waals surface area (Å²) in [5.41, 5.74) is -0.384. The number of aromatic nitrogens is 1. The van der Waals surface area contributed by atoms with Crippen LogP contribution in [0.1, 0.15) is 31.1 Å². The molecule has 0 spiro atoms. The number of anilines is 1. The number of esters is 1. The lowest BCUT2D eigenvalue weighted by Crippen LogP contribution is -2.45. The summed E-state index contributed by atoms with van der Waals surface area (Å²) < 4.78 is 10.6. The minimum Gasteiger partial charge on any atom is -0.466 e. The predicted molar refractivity (Wildman–Crippen MR) is 96.5 cm³/mol. The maximum Gasteiger partial charge on any atom is 0.312 e. The molecule has 0 bridgehead atoms. The lowest BCUT2D eigenvalue weighted by atomic mass is 9.76. The van der Waals surface area contributed by atoms with E-state index in [1.54, 1.807) is 18.4 Å². The Hall–Kier alpha value is -1.18. The zero-order valence-corrected chi connectivity index (χ0v) is 16.0. The van der Waals surface area contributed by atoms with Crippen LogP contribution in [0.15, 0.2) is 6.20 Å². The first kappa shape index (κ1) is 19.1. The number of hydrogen-bond acceptors (Lipinski definition) is 7. The fourth-order valence-electron chi connectivity index (χ4n) is 3.07. The highest BCUT2D eigenvalue weighted by molar-refractivity contribution is 7.15. The first-order valence-electron chi connectivity index (χ1n) is 8.51. The van der Waals surface area contributed by atoms with E-state index in [4.69, 9.17) is 9.47 Å². The van der Waals surface area contributed by atoms with Crippen molar-refractivity contribution in [1.82, 2.24) is 9.88 Å². The number of thiazole rings is 1. The largest absolute Gasteiger partial charge is 0.466 e. The average Bonchev–Trinajstić information content (AvgIpc) is 3.03. The molecule has 1 aromatic rings. The zero-order valence-electron chi connectivity index (χ0n) is 15.2. The van der Waals surface area contributed by atoms with E-state index in [1.165, 1.54) is 4.88 Å². The molecule has 1 fully saturated rings. The fourth-order valence-corrected chi connectivity index (χ4v) is 3.95. The number of hydrogen-bond donors (Lipinski definition) is 0. The molecule has 2 heterocycles. The van der Waals surface area contributed by atoms with Gasteiger partial charge in [-0.1, -0.05) is 0 Å². The number of methoxy groups -OCH3 is 1. The third kappa shape index (κ3) is 4.68. The summed E-state index contributed by atoms with van der Waals surface area (Å²) in [4.78, 5) is 22.6. The van der Waals surface area contributed by atoms with Crippen LogP contribution in [0, 0.1) is 5.41 Å². The number of piperidine rings is 1. The minimum absolute atomic E-state index is 0.0608. The Morgan fingerprint density at radius 3 is 2.67 bits per heavy atom. The van der Waals surface area contributed by atoms with Gasteiger partial charge in [-0.25, -0.2) is 4.98 Å². The third-order valence-electron chi connectivity index (χ3n) is 4.61. The molecule has 1 aromatic heterocycles. The summed E-state index contributed by atoms with van der Waals surface area (Å²) in [5, 5.41) is 1.03. The molecular formula is C17H29N3O3S. The van der Waals surface area contributed by atoms with Crippen LogP contribution in [0.25, 0.3) is 0 Å². The van der Waals surface area contributed by atoms with Crippen LogP contribution in [0.3, 0.4) is 0 Å². The van der Waals surface area contributed by atoms with Gasteiger partial charge in [0.2, 0.25) is 0 Å². The lowest BCUT2D eigenvalue weighted by molar-refractivity contribution is -0.160. The van der Waals surface area contributed by atoms with Gasteiger partial charge in [0.05, 0.1) is 12.0 Å². The molecular weight excluding hydrogens is 326 g/mol. The van der Waals surface area contributed by atoms with Crippen molar-refractivity contribution in [3.05, 3.63) is 11.1 Å². The van der Waals surface area contributed by atoms with Crippen molar-refractivity contribution < 1.29 is 14.3 Å². The molecule has 7 heteroatoms. The van der Waals surface area contributed by atoms with E-state index < -0.39 is 0 Å². The molecule has 0 aromatic carbocycles. The Bertz CT molecular complexity index is 525. The van der Waals surface area contributed by atoms with E-state index in [0.717, 1.165) is 44.0 Å². The molecule has 1 aliphatic heterocycles. The fraction of sp³-hybridized carbons (Fsp3) is 0.765. The van der Waals surface area contributed by atoms with Gasteiger partial charge in [-0.3, -0.25) is 9.69 Å². The Kier molecular flexibility index (Phi) is 7.01.